The summed E-state index contributed by atoms with van der Waals surface area (Å²) in [6.07, 6.45) is -0.294. The van der Waals surface area contributed by atoms with Crippen molar-refractivity contribution >= 4 is 23.0 Å². The fourth-order valence-corrected chi connectivity index (χ4v) is 3.09. The van der Waals surface area contributed by atoms with Crippen LogP contribution in [0.15, 0.2) is 17.5 Å². The van der Waals surface area contributed by atoms with Crippen molar-refractivity contribution in [2.24, 2.45) is 5.41 Å². The molecule has 1 fully saturated rings. The molecule has 1 aliphatic heterocycles. The topological polar surface area (TPSA) is 64.6 Å². The number of hydrogen-bond acceptors (Lipinski definition) is 5. The van der Waals surface area contributed by atoms with Crippen LogP contribution in [0.4, 0.5) is 0 Å². The van der Waals surface area contributed by atoms with E-state index in [-0.39, 0.29) is 29.8 Å². The van der Waals surface area contributed by atoms with Crippen LogP contribution in [0.5, 0.6) is 0 Å². The van der Waals surface area contributed by atoms with Crippen LogP contribution in [0.3, 0.4) is 0 Å². The summed E-state index contributed by atoms with van der Waals surface area (Å²) in [7, 11) is 0. The summed E-state index contributed by atoms with van der Waals surface area (Å²) in [5.74, 6) is -0.328. The van der Waals surface area contributed by atoms with Crippen molar-refractivity contribution in [2.75, 3.05) is 6.61 Å². The number of rotatable bonds is 6. The van der Waals surface area contributed by atoms with E-state index in [0.29, 0.717) is 13.0 Å². The quantitative estimate of drug-likeness (QED) is 0.865. The number of thiophene rings is 1. The lowest BCUT2D eigenvalue weighted by molar-refractivity contribution is -0.138. The number of carbonyl (C=O) groups excluding carboxylic acids is 2. The van der Waals surface area contributed by atoms with E-state index in [1.807, 2.05) is 17.5 Å². The Bertz CT molecular complexity index is 535. The van der Waals surface area contributed by atoms with Crippen LogP contribution in [0.25, 0.3) is 0 Å². The summed E-state index contributed by atoms with van der Waals surface area (Å²) >= 11 is 1.60. The van der Waals surface area contributed by atoms with Gasteiger partial charge in [0.25, 0.3) is 0 Å². The molecule has 2 heterocycles. The zero-order valence-corrected chi connectivity index (χ0v) is 14.9. The summed E-state index contributed by atoms with van der Waals surface area (Å²) < 4.78 is 11.1. The van der Waals surface area contributed by atoms with E-state index < -0.39 is 12.1 Å². The highest BCUT2D eigenvalue weighted by Crippen LogP contribution is 2.24. The van der Waals surface area contributed by atoms with Crippen molar-refractivity contribution in [1.29, 1.82) is 0 Å². The molecule has 0 aromatic carbocycles. The molecular formula is C17H25NO4S. The van der Waals surface area contributed by atoms with Gasteiger partial charge in [0.05, 0.1) is 12.7 Å². The van der Waals surface area contributed by atoms with Crippen molar-refractivity contribution in [3.63, 3.8) is 0 Å². The van der Waals surface area contributed by atoms with Gasteiger partial charge >= 0.3 is 0 Å². The summed E-state index contributed by atoms with van der Waals surface area (Å²) in [4.78, 5) is 25.5. The molecule has 3 unspecified atom stereocenters. The molecule has 0 aliphatic carbocycles. The van der Waals surface area contributed by atoms with E-state index in [0.717, 1.165) is 4.88 Å². The Morgan fingerprint density at radius 3 is 2.78 bits per heavy atom. The zero-order chi connectivity index (χ0) is 17.0. The first kappa shape index (κ1) is 18.1. The Balaban J connectivity index is 1.99. The number of Topliss-reactive ketones (excluding diaryl/α,β-unsaturated/α-hetero) is 1. The van der Waals surface area contributed by atoms with Crippen LogP contribution in [-0.2, 0) is 25.7 Å². The van der Waals surface area contributed by atoms with E-state index in [2.05, 4.69) is 26.1 Å². The predicted octanol–water partition coefficient (Wildman–Crippen LogP) is 2.54. The average molecular weight is 339 g/mol. The molecule has 6 heteroatoms. The van der Waals surface area contributed by atoms with E-state index in [1.165, 1.54) is 0 Å². The standard InChI is InChI=1S/C17H25NO4S/c1-11-15(13(19)10-21-11)18-16(20)14(8-17(2,3)4)22-9-12-6-5-7-23-12/h5-7,11,14-15H,8-10H2,1-4H3,(H,18,20). The molecule has 23 heavy (non-hydrogen) atoms. The van der Waals surface area contributed by atoms with Gasteiger partial charge in [-0.1, -0.05) is 26.8 Å². The van der Waals surface area contributed by atoms with Crippen LogP contribution in [0.1, 0.15) is 39.0 Å². The number of amides is 1. The van der Waals surface area contributed by atoms with Gasteiger partial charge in [0.15, 0.2) is 5.78 Å². The Morgan fingerprint density at radius 2 is 2.26 bits per heavy atom. The summed E-state index contributed by atoms with van der Waals surface area (Å²) in [5, 5.41) is 4.78. The lowest BCUT2D eigenvalue weighted by atomic mass is 9.88. The molecule has 0 radical (unpaired) electrons. The Labute approximate surface area is 141 Å². The number of hydrogen-bond donors (Lipinski definition) is 1. The van der Waals surface area contributed by atoms with Crippen molar-refractivity contribution in [3.8, 4) is 0 Å². The predicted molar refractivity (Wildman–Crippen MR) is 89.3 cm³/mol. The minimum Gasteiger partial charge on any atom is -0.368 e. The molecule has 5 nitrogen and oxygen atoms in total. The molecule has 2 rings (SSSR count). The minimum absolute atomic E-state index is 0.0563. The van der Waals surface area contributed by atoms with Crippen molar-refractivity contribution in [3.05, 3.63) is 22.4 Å². The second-order valence-electron chi connectivity index (χ2n) is 7.11. The maximum absolute atomic E-state index is 12.6. The monoisotopic (exact) mass is 339 g/mol. The van der Waals surface area contributed by atoms with E-state index in [9.17, 15) is 9.59 Å². The van der Waals surface area contributed by atoms with Gasteiger partial charge in [-0.25, -0.2) is 0 Å². The van der Waals surface area contributed by atoms with Gasteiger partial charge in [0.1, 0.15) is 18.8 Å². The first-order valence-electron chi connectivity index (χ1n) is 7.85. The molecule has 1 N–H and O–H groups in total. The molecule has 1 aromatic rings. The number of ketones is 1. The first-order chi connectivity index (χ1) is 10.8. The third-order valence-corrected chi connectivity index (χ3v) is 4.55. The number of carbonyl (C=O) groups is 2. The largest absolute Gasteiger partial charge is 0.368 e. The van der Waals surface area contributed by atoms with E-state index >= 15 is 0 Å². The van der Waals surface area contributed by atoms with Crippen LogP contribution >= 0.6 is 11.3 Å². The lowest BCUT2D eigenvalue weighted by Gasteiger charge is -2.26. The van der Waals surface area contributed by atoms with Gasteiger partial charge in [-0.2, -0.15) is 0 Å². The number of ether oxygens (including phenoxy) is 2. The SMILES string of the molecule is CC1OCC(=O)C1NC(=O)C(CC(C)(C)C)OCc1cccs1. The molecule has 128 valence electrons. The Hall–Kier alpha value is -1.24. The van der Waals surface area contributed by atoms with E-state index in [1.54, 1.807) is 18.3 Å². The van der Waals surface area contributed by atoms with Crippen molar-refractivity contribution in [1.82, 2.24) is 5.32 Å². The normalized spacial score (nSPS) is 23.0. The molecular weight excluding hydrogens is 314 g/mol. The van der Waals surface area contributed by atoms with Gasteiger partial charge in [0.2, 0.25) is 5.91 Å². The molecule has 1 amide bonds. The molecule has 0 bridgehead atoms. The number of nitrogens with one attached hydrogen (secondary N) is 1. The van der Waals surface area contributed by atoms with Crippen LogP contribution in [0, 0.1) is 5.41 Å². The highest BCUT2D eigenvalue weighted by atomic mass is 32.1. The maximum atomic E-state index is 12.6. The molecule has 1 aromatic heterocycles. The average Bonchev–Trinajstić information content (AvgIpc) is 3.07. The van der Waals surface area contributed by atoms with Gasteiger partial charge in [-0.15, -0.1) is 11.3 Å². The maximum Gasteiger partial charge on any atom is 0.249 e. The minimum atomic E-state index is -0.585. The Kier molecular flexibility index (Phi) is 5.95. The van der Waals surface area contributed by atoms with Crippen LogP contribution in [0.2, 0.25) is 0 Å². The van der Waals surface area contributed by atoms with Gasteiger partial charge in [0, 0.05) is 4.88 Å². The third kappa shape index (κ3) is 5.41. The molecule has 3 atom stereocenters. The first-order valence-corrected chi connectivity index (χ1v) is 8.73. The smallest absolute Gasteiger partial charge is 0.249 e. The van der Waals surface area contributed by atoms with E-state index in [4.69, 9.17) is 9.47 Å². The van der Waals surface area contributed by atoms with Crippen molar-refractivity contribution in [2.45, 2.75) is 59.0 Å². The summed E-state index contributed by atoms with van der Waals surface area (Å²) in [5.41, 5.74) is -0.0563. The molecule has 0 saturated carbocycles. The summed E-state index contributed by atoms with van der Waals surface area (Å²) in [6, 6.07) is 3.36. The second kappa shape index (κ2) is 7.55. The third-order valence-electron chi connectivity index (χ3n) is 3.70. The van der Waals surface area contributed by atoms with Crippen LogP contribution < -0.4 is 5.32 Å². The molecule has 1 saturated heterocycles. The fraction of sp³-hybridized carbons (Fsp3) is 0.647. The lowest BCUT2D eigenvalue weighted by Crippen LogP contribution is -2.49. The Morgan fingerprint density at radius 1 is 1.52 bits per heavy atom. The second-order valence-corrected chi connectivity index (χ2v) is 8.14. The molecule has 0 spiro atoms. The zero-order valence-electron chi connectivity index (χ0n) is 14.1. The highest BCUT2D eigenvalue weighted by Gasteiger charge is 2.36. The van der Waals surface area contributed by atoms with Gasteiger partial charge < -0.3 is 14.8 Å². The fourth-order valence-electron chi connectivity index (χ4n) is 2.47. The van der Waals surface area contributed by atoms with Gasteiger partial charge in [-0.3, -0.25) is 9.59 Å². The summed E-state index contributed by atoms with van der Waals surface area (Å²) in [6.45, 7) is 8.44. The van der Waals surface area contributed by atoms with Crippen LogP contribution in [-0.4, -0.2) is 36.5 Å². The molecule has 1 aliphatic rings. The highest BCUT2D eigenvalue weighted by molar-refractivity contribution is 7.09. The van der Waals surface area contributed by atoms with Gasteiger partial charge in [-0.05, 0) is 30.2 Å². The van der Waals surface area contributed by atoms with Crippen molar-refractivity contribution < 1.29 is 19.1 Å².